The Morgan fingerprint density at radius 2 is 1.75 bits per heavy atom. The molecule has 0 saturated carbocycles. The third-order valence-electron chi connectivity index (χ3n) is 4.81. The lowest BCUT2D eigenvalue weighted by Gasteiger charge is -2.19. The number of nitro groups is 1. The molecule has 0 spiro atoms. The summed E-state index contributed by atoms with van der Waals surface area (Å²) in [5.74, 6) is 0.743. The quantitative estimate of drug-likeness (QED) is 0.255. The number of nitrogens with zero attached hydrogens (tertiary/aromatic N) is 3. The summed E-state index contributed by atoms with van der Waals surface area (Å²) in [4.78, 5) is 30.4. The molecule has 0 aliphatic carbocycles. The van der Waals surface area contributed by atoms with Crippen molar-refractivity contribution >= 4 is 45.1 Å². The Kier molecular flexibility index (Phi) is 6.13. The average Bonchev–Trinajstić information content (AvgIpc) is 3.11. The fraction of sp³-hybridized carbons (Fsp3) is 0.0833. The van der Waals surface area contributed by atoms with Gasteiger partial charge in [0.25, 0.3) is 11.6 Å². The van der Waals surface area contributed by atoms with Crippen LogP contribution in [-0.2, 0) is 4.79 Å². The maximum absolute atomic E-state index is 13.4. The normalized spacial score (nSPS) is 14.6. The maximum atomic E-state index is 13.4. The van der Waals surface area contributed by atoms with Crippen LogP contribution < -0.4 is 9.64 Å². The van der Waals surface area contributed by atoms with Crippen molar-refractivity contribution in [3.63, 3.8) is 0 Å². The van der Waals surface area contributed by atoms with Crippen LogP contribution in [0, 0.1) is 10.1 Å². The highest BCUT2D eigenvalue weighted by Gasteiger charge is 2.33. The van der Waals surface area contributed by atoms with E-state index in [9.17, 15) is 14.9 Å². The van der Waals surface area contributed by atoms with Crippen LogP contribution in [0.3, 0.4) is 0 Å². The van der Waals surface area contributed by atoms with Gasteiger partial charge in [0.2, 0.25) is 0 Å². The van der Waals surface area contributed by atoms with Gasteiger partial charge in [0.05, 0.1) is 22.8 Å². The number of rotatable bonds is 6. The number of nitro benzene ring substituents is 1. The van der Waals surface area contributed by atoms with Gasteiger partial charge in [-0.3, -0.25) is 19.8 Å². The minimum atomic E-state index is -0.478. The number of para-hydroxylation sites is 1. The van der Waals surface area contributed by atoms with Crippen LogP contribution in [-0.4, -0.2) is 23.3 Å². The molecule has 1 amide bonds. The molecule has 160 valence electrons. The van der Waals surface area contributed by atoms with Crippen LogP contribution in [0.25, 0.3) is 6.08 Å². The van der Waals surface area contributed by atoms with Crippen molar-refractivity contribution in [2.45, 2.75) is 6.92 Å². The SMILES string of the molecule is CCOc1ccc(N2C(=O)/C(=C\c3ccccc3[N+](=O)[O-])N=C2c2ccccc2Br)cc1. The van der Waals surface area contributed by atoms with E-state index in [1.54, 1.807) is 42.5 Å². The number of carbonyl (C=O) groups excluding carboxylic acids is 1. The monoisotopic (exact) mass is 491 g/mol. The first kappa shape index (κ1) is 21.5. The van der Waals surface area contributed by atoms with Crippen molar-refractivity contribution in [3.8, 4) is 5.75 Å². The first-order valence-corrected chi connectivity index (χ1v) is 10.6. The first-order chi connectivity index (χ1) is 15.5. The van der Waals surface area contributed by atoms with Crippen molar-refractivity contribution in [1.29, 1.82) is 0 Å². The molecule has 0 N–H and O–H groups in total. The van der Waals surface area contributed by atoms with Crippen LogP contribution in [0.4, 0.5) is 11.4 Å². The van der Waals surface area contributed by atoms with E-state index in [4.69, 9.17) is 4.74 Å². The van der Waals surface area contributed by atoms with Crippen molar-refractivity contribution < 1.29 is 14.5 Å². The second-order valence-corrected chi connectivity index (χ2v) is 7.68. The molecular weight excluding hydrogens is 474 g/mol. The minimum Gasteiger partial charge on any atom is -0.494 e. The molecule has 32 heavy (non-hydrogen) atoms. The topological polar surface area (TPSA) is 85.0 Å². The zero-order valence-electron chi connectivity index (χ0n) is 17.1. The van der Waals surface area contributed by atoms with E-state index in [-0.39, 0.29) is 17.3 Å². The highest BCUT2D eigenvalue weighted by molar-refractivity contribution is 9.10. The Balaban J connectivity index is 1.83. The fourth-order valence-electron chi connectivity index (χ4n) is 3.36. The molecule has 0 saturated heterocycles. The Labute approximate surface area is 192 Å². The van der Waals surface area contributed by atoms with Gasteiger partial charge in [0, 0.05) is 16.1 Å². The summed E-state index contributed by atoms with van der Waals surface area (Å²) in [5, 5.41) is 11.4. The summed E-state index contributed by atoms with van der Waals surface area (Å²) >= 11 is 3.53. The number of benzene rings is 3. The van der Waals surface area contributed by atoms with Crippen LogP contribution in [0.15, 0.2) is 88.0 Å². The third kappa shape index (κ3) is 4.17. The Morgan fingerprint density at radius 3 is 2.44 bits per heavy atom. The lowest BCUT2D eigenvalue weighted by Crippen LogP contribution is -2.32. The van der Waals surface area contributed by atoms with E-state index in [1.807, 2.05) is 31.2 Å². The van der Waals surface area contributed by atoms with Crippen molar-refractivity contribution in [1.82, 2.24) is 0 Å². The molecule has 8 heteroatoms. The lowest BCUT2D eigenvalue weighted by atomic mass is 10.1. The van der Waals surface area contributed by atoms with E-state index >= 15 is 0 Å². The van der Waals surface area contributed by atoms with Crippen LogP contribution in [0.2, 0.25) is 0 Å². The molecule has 0 fully saturated rings. The zero-order valence-corrected chi connectivity index (χ0v) is 18.7. The molecule has 1 aliphatic heterocycles. The number of amidine groups is 1. The Morgan fingerprint density at radius 1 is 1.06 bits per heavy atom. The predicted molar refractivity (Wildman–Crippen MR) is 127 cm³/mol. The minimum absolute atomic E-state index is 0.0926. The molecule has 3 aromatic rings. The van der Waals surface area contributed by atoms with Crippen LogP contribution >= 0.6 is 15.9 Å². The molecule has 1 heterocycles. The largest absolute Gasteiger partial charge is 0.494 e. The second kappa shape index (κ2) is 9.15. The van der Waals surface area contributed by atoms with Crippen LogP contribution in [0.1, 0.15) is 18.1 Å². The van der Waals surface area contributed by atoms with Gasteiger partial charge in [-0.05, 0) is 49.4 Å². The molecule has 1 aliphatic rings. The molecule has 0 bridgehead atoms. The average molecular weight is 492 g/mol. The van der Waals surface area contributed by atoms with Gasteiger partial charge in [0.15, 0.2) is 0 Å². The number of ether oxygens (including phenoxy) is 1. The standard InChI is InChI=1S/C24H18BrN3O4/c1-2-32-18-13-11-17(12-14-18)27-23(19-8-4-5-9-20(19)25)26-21(24(27)29)15-16-7-3-6-10-22(16)28(30)31/h3-15H,2H2,1H3/b21-15+. The smallest absolute Gasteiger partial charge is 0.282 e. The van der Waals surface area contributed by atoms with Crippen LogP contribution in [0.5, 0.6) is 5.75 Å². The van der Waals surface area contributed by atoms with Gasteiger partial charge in [-0.2, -0.15) is 0 Å². The fourth-order valence-corrected chi connectivity index (χ4v) is 3.82. The lowest BCUT2D eigenvalue weighted by molar-refractivity contribution is -0.385. The zero-order chi connectivity index (χ0) is 22.7. The van der Waals surface area contributed by atoms with E-state index in [0.717, 1.165) is 10.0 Å². The van der Waals surface area contributed by atoms with Gasteiger partial charge in [0.1, 0.15) is 17.3 Å². The molecule has 0 unspecified atom stereocenters. The molecule has 0 atom stereocenters. The second-order valence-electron chi connectivity index (χ2n) is 6.83. The summed E-state index contributed by atoms with van der Waals surface area (Å²) in [6.45, 7) is 2.43. The number of hydrogen-bond donors (Lipinski definition) is 0. The van der Waals surface area contributed by atoms with Crippen molar-refractivity contribution in [2.75, 3.05) is 11.5 Å². The summed E-state index contributed by atoms with van der Waals surface area (Å²) in [5.41, 5.74) is 1.66. The summed E-state index contributed by atoms with van der Waals surface area (Å²) in [6.07, 6.45) is 1.45. The number of aliphatic imine (C=N–C) groups is 1. The van der Waals surface area contributed by atoms with Crippen molar-refractivity contribution in [3.05, 3.63) is 104 Å². The number of amides is 1. The number of hydrogen-bond acceptors (Lipinski definition) is 5. The predicted octanol–water partition coefficient (Wildman–Crippen LogP) is 5.59. The highest BCUT2D eigenvalue weighted by Crippen LogP contribution is 2.32. The molecule has 4 rings (SSSR count). The van der Waals surface area contributed by atoms with E-state index < -0.39 is 4.92 Å². The highest BCUT2D eigenvalue weighted by atomic mass is 79.9. The number of carbonyl (C=O) groups is 1. The molecule has 3 aromatic carbocycles. The Bertz CT molecular complexity index is 1250. The maximum Gasteiger partial charge on any atom is 0.282 e. The molecule has 0 aromatic heterocycles. The number of anilines is 1. The summed E-state index contributed by atoms with van der Waals surface area (Å²) in [7, 11) is 0. The van der Waals surface area contributed by atoms with E-state index in [1.165, 1.54) is 17.0 Å². The molecular formula is C24H18BrN3O4. The van der Waals surface area contributed by atoms with Gasteiger partial charge < -0.3 is 4.74 Å². The summed E-state index contributed by atoms with van der Waals surface area (Å²) < 4.78 is 6.27. The van der Waals surface area contributed by atoms with Gasteiger partial charge in [-0.1, -0.05) is 46.3 Å². The van der Waals surface area contributed by atoms with Gasteiger partial charge >= 0.3 is 0 Å². The first-order valence-electron chi connectivity index (χ1n) is 9.85. The van der Waals surface area contributed by atoms with Gasteiger partial charge in [-0.25, -0.2) is 4.99 Å². The van der Waals surface area contributed by atoms with Crippen molar-refractivity contribution in [2.24, 2.45) is 4.99 Å². The number of halogens is 1. The molecule has 0 radical (unpaired) electrons. The Hall–Kier alpha value is -3.78. The summed E-state index contributed by atoms with van der Waals surface area (Å²) in [6, 6.07) is 20.8. The third-order valence-corrected chi connectivity index (χ3v) is 5.50. The van der Waals surface area contributed by atoms with Gasteiger partial charge in [-0.15, -0.1) is 0 Å². The van der Waals surface area contributed by atoms with E-state index in [0.29, 0.717) is 29.4 Å². The molecule has 7 nitrogen and oxygen atoms in total. The van der Waals surface area contributed by atoms with E-state index in [2.05, 4.69) is 20.9 Å².